The second kappa shape index (κ2) is 6.73. The van der Waals surface area contributed by atoms with E-state index >= 15 is 4.39 Å². The van der Waals surface area contributed by atoms with Crippen molar-refractivity contribution in [2.45, 2.75) is 51.7 Å². The molecule has 1 N–H and O–H groups in total. The van der Waals surface area contributed by atoms with E-state index in [1.807, 2.05) is 11.9 Å². The van der Waals surface area contributed by atoms with Gasteiger partial charge >= 0.3 is 0 Å². The third-order valence-corrected chi connectivity index (χ3v) is 7.93. The van der Waals surface area contributed by atoms with Crippen molar-refractivity contribution in [1.29, 1.82) is 0 Å². The van der Waals surface area contributed by atoms with Crippen LogP contribution in [0.15, 0.2) is 29.0 Å². The lowest BCUT2D eigenvalue weighted by atomic mass is 9.67. The van der Waals surface area contributed by atoms with E-state index in [0.717, 1.165) is 25.7 Å². The molecule has 0 saturated heterocycles. The van der Waals surface area contributed by atoms with Crippen molar-refractivity contribution in [3.63, 3.8) is 0 Å². The Kier molecular flexibility index (Phi) is 4.36. The van der Waals surface area contributed by atoms with Crippen molar-refractivity contribution in [2.24, 2.45) is 10.8 Å². The quantitative estimate of drug-likeness (QED) is 0.643. The fraction of sp³-hybridized carbons (Fsp3) is 0.524. The Morgan fingerprint density at radius 1 is 1.23 bits per heavy atom. The first kappa shape index (κ1) is 19.4. The lowest BCUT2D eigenvalue weighted by molar-refractivity contribution is 0.0382. The van der Waals surface area contributed by atoms with Gasteiger partial charge in [-0.2, -0.15) is 0 Å². The molecule has 2 fully saturated rings. The number of hydrogen-bond donors (Lipinski definition) is 1. The van der Waals surface area contributed by atoms with Gasteiger partial charge in [0, 0.05) is 18.0 Å². The summed E-state index contributed by atoms with van der Waals surface area (Å²) < 4.78 is 20.6. The van der Waals surface area contributed by atoms with Crippen molar-refractivity contribution in [3.05, 3.63) is 24.6 Å². The minimum absolute atomic E-state index is 0.0511. The number of alkyl halides is 1. The summed E-state index contributed by atoms with van der Waals surface area (Å²) in [6.07, 6.45) is 4.13. The van der Waals surface area contributed by atoms with Gasteiger partial charge in [-0.1, -0.05) is 25.2 Å². The largest absolute Gasteiger partial charge is 0.507 e. The summed E-state index contributed by atoms with van der Waals surface area (Å²) >= 11 is 1.35. The molecule has 0 amide bonds. The first-order valence-corrected chi connectivity index (χ1v) is 10.9. The van der Waals surface area contributed by atoms with Crippen molar-refractivity contribution in [3.8, 4) is 27.8 Å². The molecule has 158 valence electrons. The first-order chi connectivity index (χ1) is 14.3. The van der Waals surface area contributed by atoms with Gasteiger partial charge in [0.15, 0.2) is 5.01 Å². The maximum atomic E-state index is 15.5. The van der Waals surface area contributed by atoms with Crippen molar-refractivity contribution >= 4 is 16.5 Å². The van der Waals surface area contributed by atoms with Crippen LogP contribution >= 0.6 is 11.3 Å². The van der Waals surface area contributed by atoms with Crippen LogP contribution in [0, 0.1) is 10.8 Å². The zero-order valence-corrected chi connectivity index (χ0v) is 18.0. The van der Waals surface area contributed by atoms with Gasteiger partial charge in [0.25, 0.3) is 0 Å². The molecular weight excluding hydrogens is 405 g/mol. The molecule has 9 heteroatoms. The smallest absolute Gasteiger partial charge is 0.247 e. The number of aromatic hydroxyl groups is 1. The molecule has 0 spiro atoms. The molecule has 0 unspecified atom stereocenters. The van der Waals surface area contributed by atoms with Gasteiger partial charge in [0.05, 0.1) is 11.6 Å². The summed E-state index contributed by atoms with van der Waals surface area (Å²) in [6.45, 7) is 4.36. The molecule has 2 saturated carbocycles. The number of benzene rings is 1. The topological polar surface area (TPSA) is 88.2 Å². The molecule has 0 aliphatic heterocycles. The Hall–Kier alpha value is -2.55. The molecule has 7 nitrogen and oxygen atoms in total. The van der Waals surface area contributed by atoms with Crippen LogP contribution in [-0.4, -0.2) is 44.8 Å². The fourth-order valence-corrected chi connectivity index (χ4v) is 6.21. The molecule has 1 aromatic carbocycles. The highest BCUT2D eigenvalue weighted by Crippen LogP contribution is 2.60. The van der Waals surface area contributed by atoms with E-state index in [1.165, 1.54) is 17.7 Å². The van der Waals surface area contributed by atoms with Gasteiger partial charge in [-0.25, -0.2) is 4.39 Å². The van der Waals surface area contributed by atoms with Crippen LogP contribution in [0.5, 0.6) is 5.75 Å². The number of hydrogen-bond acceptors (Lipinski definition) is 8. The molecule has 0 radical (unpaired) electrons. The molecule has 2 aliphatic rings. The molecule has 30 heavy (non-hydrogen) atoms. The highest BCUT2D eigenvalue weighted by Gasteiger charge is 2.56. The Balaban J connectivity index is 1.41. The Bertz CT molecular complexity index is 1070. The lowest BCUT2D eigenvalue weighted by Crippen LogP contribution is -2.51. The molecule has 5 rings (SSSR count). The van der Waals surface area contributed by atoms with E-state index in [2.05, 4.69) is 34.2 Å². The minimum atomic E-state index is -0.896. The number of anilines is 1. The van der Waals surface area contributed by atoms with E-state index in [1.54, 1.807) is 18.2 Å². The van der Waals surface area contributed by atoms with Gasteiger partial charge in [0.2, 0.25) is 17.4 Å². The molecular formula is C21H24FN5O2S. The van der Waals surface area contributed by atoms with Crippen molar-refractivity contribution in [1.82, 2.24) is 20.4 Å². The van der Waals surface area contributed by atoms with E-state index in [9.17, 15) is 5.11 Å². The summed E-state index contributed by atoms with van der Waals surface area (Å²) in [7, 11) is 1.90. The van der Waals surface area contributed by atoms with Crippen LogP contribution in [-0.2, 0) is 0 Å². The molecule has 2 aliphatic carbocycles. The van der Waals surface area contributed by atoms with Crippen molar-refractivity contribution < 1.29 is 13.9 Å². The van der Waals surface area contributed by atoms with Crippen LogP contribution in [0.1, 0.15) is 39.5 Å². The predicted octanol–water partition coefficient (Wildman–Crippen LogP) is 4.70. The van der Waals surface area contributed by atoms with Gasteiger partial charge < -0.3 is 14.4 Å². The Labute approximate surface area is 178 Å². The average molecular weight is 430 g/mol. The second-order valence-electron chi connectivity index (χ2n) is 9.29. The minimum Gasteiger partial charge on any atom is -0.507 e. The standard InChI is InChI=1S/C21H24FN5O2S/c1-20-6-7-21(2,10-20)16(22)14(9-20)27(3)19-26-25-18(30-19)13-5-4-12(8-15(13)28)17-24-23-11-29-17/h4-5,8,11,14,16,28H,6-7,9-10H2,1-3H3/t14-,16-,20-,21-/m1/s1. The number of aromatic nitrogens is 4. The second-order valence-corrected chi connectivity index (χ2v) is 10.2. The van der Waals surface area contributed by atoms with E-state index in [0.29, 0.717) is 27.2 Å². The molecule has 2 aromatic heterocycles. The first-order valence-electron chi connectivity index (χ1n) is 10.1. The number of fused-ring (bicyclic) bond motifs is 2. The SMILES string of the molecule is CN(c1nnc(-c2ccc(-c3nnco3)cc2O)s1)[C@@H]1C[C@@]2(C)CC[C@](C)(C2)[C@@H]1F. The van der Waals surface area contributed by atoms with E-state index < -0.39 is 6.17 Å². The van der Waals surface area contributed by atoms with Crippen LogP contribution < -0.4 is 4.90 Å². The van der Waals surface area contributed by atoms with Gasteiger partial charge in [-0.15, -0.1) is 20.4 Å². The molecule has 3 aromatic rings. The summed E-state index contributed by atoms with van der Waals surface area (Å²) in [5.74, 6) is 0.382. The van der Waals surface area contributed by atoms with Gasteiger partial charge in [-0.3, -0.25) is 0 Å². The average Bonchev–Trinajstić information content (AvgIpc) is 3.45. The maximum absolute atomic E-state index is 15.5. The summed E-state index contributed by atoms with van der Waals surface area (Å²) in [5, 5.41) is 27.8. The molecule has 2 bridgehead atoms. The normalized spacial score (nSPS) is 30.5. The van der Waals surface area contributed by atoms with Gasteiger partial charge in [-0.05, 0) is 49.3 Å². The summed E-state index contributed by atoms with van der Waals surface area (Å²) in [4.78, 5) is 1.94. The van der Waals surface area contributed by atoms with Crippen LogP contribution in [0.4, 0.5) is 9.52 Å². The zero-order valence-electron chi connectivity index (χ0n) is 17.2. The third kappa shape index (κ3) is 3.07. The molecule has 2 heterocycles. The van der Waals surface area contributed by atoms with E-state index in [4.69, 9.17) is 4.42 Å². The van der Waals surface area contributed by atoms with E-state index in [-0.39, 0.29) is 22.6 Å². The highest BCUT2D eigenvalue weighted by molar-refractivity contribution is 7.18. The number of phenolic OH excluding ortho intramolecular Hbond substituents is 1. The predicted molar refractivity (Wildman–Crippen MR) is 112 cm³/mol. The number of nitrogens with zero attached hydrogens (tertiary/aromatic N) is 5. The van der Waals surface area contributed by atoms with Crippen LogP contribution in [0.2, 0.25) is 0 Å². The zero-order chi connectivity index (χ0) is 21.1. The van der Waals surface area contributed by atoms with Crippen molar-refractivity contribution in [2.75, 3.05) is 11.9 Å². The Morgan fingerprint density at radius 3 is 2.80 bits per heavy atom. The number of phenols is 1. The summed E-state index contributed by atoms with van der Waals surface area (Å²) in [5.41, 5.74) is 1.11. The maximum Gasteiger partial charge on any atom is 0.247 e. The number of rotatable bonds is 4. The van der Waals surface area contributed by atoms with Crippen LogP contribution in [0.25, 0.3) is 22.0 Å². The van der Waals surface area contributed by atoms with Crippen LogP contribution in [0.3, 0.4) is 0 Å². The summed E-state index contributed by atoms with van der Waals surface area (Å²) in [6, 6.07) is 4.88. The number of halogens is 1. The fourth-order valence-electron chi connectivity index (χ4n) is 5.31. The highest BCUT2D eigenvalue weighted by atomic mass is 32.1. The molecule has 4 atom stereocenters. The Morgan fingerprint density at radius 2 is 2.07 bits per heavy atom. The third-order valence-electron chi connectivity index (χ3n) is 6.88. The lowest BCUT2D eigenvalue weighted by Gasteiger charge is -2.46. The van der Waals surface area contributed by atoms with Gasteiger partial charge in [0.1, 0.15) is 11.9 Å². The monoisotopic (exact) mass is 429 g/mol.